The van der Waals surface area contributed by atoms with Gasteiger partial charge in [-0.25, -0.2) is 14.6 Å². The Kier molecular flexibility index (Phi) is 10.1. The van der Waals surface area contributed by atoms with E-state index in [-0.39, 0.29) is 27.9 Å². The number of amides is 5. The summed E-state index contributed by atoms with van der Waals surface area (Å²) >= 11 is 21.4. The number of aromatic nitrogens is 1. The van der Waals surface area contributed by atoms with Crippen LogP contribution in [-0.2, 0) is 33.5 Å². The lowest BCUT2D eigenvalue weighted by molar-refractivity contribution is -0.150. The normalized spacial score (nSPS) is 18.9. The number of fused-ring (bicyclic) bond motifs is 1. The summed E-state index contributed by atoms with van der Waals surface area (Å²) in [6.07, 6.45) is -0.909. The molecule has 0 saturated carbocycles. The Morgan fingerprint density at radius 3 is 2.62 bits per heavy atom. The number of carbonyl (C=O) groups is 6. The quantitative estimate of drug-likeness (QED) is 0.0943. The molecule has 2 atom stereocenters. The van der Waals surface area contributed by atoms with Crippen LogP contribution in [0.1, 0.15) is 5.69 Å². The number of carbonyl (C=O) groups excluding carboxylic acids is 5. The lowest BCUT2D eigenvalue weighted by Crippen LogP contribution is -2.71. The number of thioether (sulfide) groups is 1. The Bertz CT molecular complexity index is 1300. The molecule has 0 bridgehead atoms. The number of halogens is 4. The molecule has 1 aromatic rings. The number of carboxylic acid groups (broad SMARTS) is 1. The number of rotatable bonds is 9. The van der Waals surface area contributed by atoms with Crippen molar-refractivity contribution in [2.24, 2.45) is 5.16 Å². The van der Waals surface area contributed by atoms with Crippen LogP contribution in [0.4, 0.5) is 9.93 Å². The summed E-state index contributed by atoms with van der Waals surface area (Å²) in [5, 5.41) is 19.2. The zero-order valence-electron chi connectivity index (χ0n) is 19.0. The number of ether oxygens (including phenoxy) is 1. The molecule has 2 aliphatic rings. The van der Waals surface area contributed by atoms with Crippen molar-refractivity contribution in [1.29, 1.82) is 0 Å². The summed E-state index contributed by atoms with van der Waals surface area (Å²) in [5.41, 5.74) is -0.695. The minimum absolute atomic E-state index is 0.00842. The molecule has 39 heavy (non-hydrogen) atoms. The molecule has 15 nitrogen and oxygen atoms in total. The molecule has 1 fully saturated rings. The van der Waals surface area contributed by atoms with Crippen molar-refractivity contribution in [1.82, 2.24) is 20.5 Å². The van der Waals surface area contributed by atoms with Crippen LogP contribution >= 0.6 is 73.8 Å². The number of β-lactam (4-membered cyclic amide) rings is 1. The Morgan fingerprint density at radius 2 is 2.03 bits per heavy atom. The van der Waals surface area contributed by atoms with Gasteiger partial charge in [-0.15, -0.1) is 11.8 Å². The number of aliphatic carboxylic acids is 1. The Balaban J connectivity index is 1.73. The minimum Gasteiger partial charge on any atom is -0.477 e. The fraction of sp³-hybridized carbons (Fsp3) is 0.333. The number of anilines is 1. The molecule has 2 aliphatic heterocycles. The van der Waals surface area contributed by atoms with Crippen molar-refractivity contribution in [2.75, 3.05) is 24.8 Å². The minimum atomic E-state index is -2.43. The predicted molar refractivity (Wildman–Crippen MR) is 143 cm³/mol. The lowest BCUT2D eigenvalue weighted by atomic mass is 10.0. The number of alkyl carbamates (subject to hydrolysis) is 1. The van der Waals surface area contributed by atoms with Crippen molar-refractivity contribution in [3.63, 3.8) is 0 Å². The molecular weight excluding hydrogens is 695 g/mol. The Morgan fingerprint density at radius 1 is 1.33 bits per heavy atom. The second-order valence-electron chi connectivity index (χ2n) is 7.17. The second kappa shape index (κ2) is 12.7. The van der Waals surface area contributed by atoms with Crippen LogP contribution in [0.3, 0.4) is 0 Å². The highest BCUT2D eigenvalue weighted by Gasteiger charge is 2.54. The van der Waals surface area contributed by atoms with Gasteiger partial charge in [0.05, 0.1) is 0 Å². The topological polar surface area (TPSA) is 206 Å². The van der Waals surface area contributed by atoms with Crippen LogP contribution in [-0.4, -0.2) is 91.6 Å². The Labute approximate surface area is 249 Å². The zero-order chi connectivity index (χ0) is 29.1. The van der Waals surface area contributed by atoms with E-state index in [2.05, 4.69) is 36.7 Å². The number of alkyl halides is 3. The summed E-state index contributed by atoms with van der Waals surface area (Å²) in [7, 11) is 1.19. The van der Waals surface area contributed by atoms with Gasteiger partial charge >= 0.3 is 12.1 Å². The van der Waals surface area contributed by atoms with Crippen LogP contribution in [0.2, 0.25) is 0 Å². The molecule has 0 spiro atoms. The first-order valence-electron chi connectivity index (χ1n) is 10.0. The van der Waals surface area contributed by atoms with Gasteiger partial charge in [-0.1, -0.05) is 51.3 Å². The van der Waals surface area contributed by atoms with E-state index in [0.29, 0.717) is 10.2 Å². The number of nitrogens with one attached hydrogen (secondary N) is 3. The van der Waals surface area contributed by atoms with Crippen LogP contribution in [0.5, 0.6) is 0 Å². The third-order valence-corrected chi connectivity index (χ3v) is 8.27. The first kappa shape index (κ1) is 30.9. The van der Waals surface area contributed by atoms with E-state index >= 15 is 0 Å². The highest BCUT2D eigenvalue weighted by molar-refractivity contribution is 9.11. The summed E-state index contributed by atoms with van der Waals surface area (Å²) in [5.74, 6) is -4.39. The highest BCUT2D eigenvalue weighted by Crippen LogP contribution is 2.40. The second-order valence-corrected chi connectivity index (χ2v) is 12.9. The lowest BCUT2D eigenvalue weighted by Gasteiger charge is -2.49. The summed E-state index contributed by atoms with van der Waals surface area (Å²) < 4.78 is 2.75. The number of carboxylic acids is 1. The summed E-state index contributed by atoms with van der Waals surface area (Å²) in [6, 6.07) is -1.14. The molecule has 1 unspecified atom stereocenters. The van der Waals surface area contributed by atoms with Crippen LogP contribution < -0.4 is 16.0 Å². The van der Waals surface area contributed by atoms with Gasteiger partial charge in [-0.05, 0) is 15.9 Å². The summed E-state index contributed by atoms with van der Waals surface area (Å²) in [4.78, 5) is 81.7. The molecule has 1 saturated heterocycles. The largest absolute Gasteiger partial charge is 0.477 e. The fourth-order valence-corrected chi connectivity index (χ4v) is 6.06. The van der Waals surface area contributed by atoms with Gasteiger partial charge in [0.25, 0.3) is 21.5 Å². The molecule has 5 amide bonds. The van der Waals surface area contributed by atoms with Crippen molar-refractivity contribution >= 4 is 121 Å². The molecule has 4 N–H and O–H groups in total. The van der Waals surface area contributed by atoms with Gasteiger partial charge in [0.15, 0.2) is 10.8 Å². The molecule has 3 rings (SSSR count). The SMILES string of the molecule is CO/N=C(\C(=O)NC1C(=O)N2C(C(=O)O)=C(COC(=O)NC(=O)C(Cl)(Cl)Cl)CS[C@H]12)c1nc(NC=O)sc1Br. The molecule has 210 valence electrons. The molecule has 21 heteroatoms. The van der Waals surface area contributed by atoms with Gasteiger partial charge in [0.1, 0.15) is 40.3 Å². The molecule has 0 aliphatic carbocycles. The average molecular weight is 709 g/mol. The molecule has 1 aromatic heterocycles. The summed E-state index contributed by atoms with van der Waals surface area (Å²) in [6.45, 7) is -0.596. The van der Waals surface area contributed by atoms with Gasteiger partial charge in [-0.3, -0.25) is 29.4 Å². The molecular formula is C18H14BrCl3N6O9S2. The number of hydrogen-bond acceptors (Lipinski definition) is 12. The third-order valence-electron chi connectivity index (χ3n) is 4.78. The molecule has 0 aromatic carbocycles. The van der Waals surface area contributed by atoms with E-state index < -0.39 is 57.3 Å². The predicted octanol–water partition coefficient (Wildman–Crippen LogP) is 1.19. The maximum Gasteiger partial charge on any atom is 0.414 e. The van der Waals surface area contributed by atoms with E-state index in [9.17, 15) is 33.9 Å². The average Bonchev–Trinajstić information content (AvgIpc) is 3.22. The van der Waals surface area contributed by atoms with Crippen LogP contribution in [0.15, 0.2) is 20.2 Å². The fourth-order valence-electron chi connectivity index (χ4n) is 3.20. The number of hydrogen-bond donors (Lipinski definition) is 4. The maximum absolute atomic E-state index is 13.0. The highest BCUT2D eigenvalue weighted by atomic mass is 79.9. The van der Waals surface area contributed by atoms with Gasteiger partial charge in [0.2, 0.25) is 6.41 Å². The monoisotopic (exact) mass is 706 g/mol. The Hall–Kier alpha value is -2.64. The van der Waals surface area contributed by atoms with Gasteiger partial charge in [-0.2, -0.15) is 0 Å². The zero-order valence-corrected chi connectivity index (χ0v) is 24.5. The van der Waals surface area contributed by atoms with Crippen molar-refractivity contribution in [2.45, 2.75) is 15.2 Å². The van der Waals surface area contributed by atoms with E-state index in [1.807, 2.05) is 0 Å². The smallest absolute Gasteiger partial charge is 0.414 e. The molecule has 3 heterocycles. The van der Waals surface area contributed by atoms with Crippen LogP contribution in [0, 0.1) is 0 Å². The number of thiazole rings is 1. The number of imide groups is 1. The van der Waals surface area contributed by atoms with Crippen LogP contribution in [0.25, 0.3) is 0 Å². The number of oxime groups is 1. The maximum atomic E-state index is 13.0. The standard InChI is InChI=1S/C18H14BrCl3N6O9S2/c1-36-27-7(6-10(19)39-16(25-6)23-4-29)11(30)24-8-12(31)28-9(14(32)33)5(3-38-13(8)28)2-37-17(35)26-15(34)18(20,21)22/h4,8,13H,2-3H2,1H3,(H,24,30)(H,32,33)(H,23,25,29)(H,26,34,35)/b27-7-/t8?,13-/m1/s1. The van der Waals surface area contributed by atoms with Gasteiger partial charge in [0, 0.05) is 11.3 Å². The van der Waals surface area contributed by atoms with Gasteiger partial charge < -0.3 is 25.3 Å². The van der Waals surface area contributed by atoms with Crippen molar-refractivity contribution in [3.05, 3.63) is 20.8 Å². The van der Waals surface area contributed by atoms with Crippen molar-refractivity contribution in [3.8, 4) is 0 Å². The third kappa shape index (κ3) is 6.93. The van der Waals surface area contributed by atoms with E-state index in [1.165, 1.54) is 7.11 Å². The van der Waals surface area contributed by atoms with E-state index in [0.717, 1.165) is 28.0 Å². The van der Waals surface area contributed by atoms with E-state index in [1.54, 1.807) is 5.32 Å². The number of nitrogens with zero attached hydrogens (tertiary/aromatic N) is 3. The first-order valence-corrected chi connectivity index (χ1v) is 13.8. The van der Waals surface area contributed by atoms with Crippen molar-refractivity contribution < 1.29 is 43.4 Å². The molecule has 0 radical (unpaired) electrons. The first-order chi connectivity index (χ1) is 18.3. The van der Waals surface area contributed by atoms with E-state index in [4.69, 9.17) is 44.4 Å².